The molecule has 2 aromatic carbocycles. The number of aryl methyl sites for hydroxylation is 1. The van der Waals surface area contributed by atoms with Crippen LogP contribution >= 0.6 is 0 Å². The summed E-state index contributed by atoms with van der Waals surface area (Å²) >= 11 is 0. The van der Waals surface area contributed by atoms with Crippen LogP contribution in [0.2, 0.25) is 0 Å². The summed E-state index contributed by atoms with van der Waals surface area (Å²) in [5.74, 6) is -0.543. The van der Waals surface area contributed by atoms with Crippen LogP contribution in [0.4, 0.5) is 0 Å². The van der Waals surface area contributed by atoms with Gasteiger partial charge in [0.25, 0.3) is 0 Å². The molecule has 1 aliphatic rings. The number of ether oxygens (including phenoxy) is 1. The number of carbonyl (C=O) groups excluding carboxylic acids is 1. The van der Waals surface area contributed by atoms with Gasteiger partial charge in [-0.1, -0.05) is 36.4 Å². The molecule has 26 heavy (non-hydrogen) atoms. The van der Waals surface area contributed by atoms with Crippen molar-refractivity contribution in [3.63, 3.8) is 0 Å². The van der Waals surface area contributed by atoms with Gasteiger partial charge >= 0.3 is 5.97 Å². The number of carbonyl (C=O) groups is 1. The zero-order valence-corrected chi connectivity index (χ0v) is 15.0. The minimum Gasteiger partial charge on any atom is -0.462 e. The lowest BCUT2D eigenvalue weighted by Gasteiger charge is -2.17. The topological polar surface area (TPSA) is 48.3 Å². The molecule has 1 aliphatic carbocycles. The second-order valence-corrected chi connectivity index (χ2v) is 6.73. The van der Waals surface area contributed by atoms with Gasteiger partial charge in [-0.25, -0.2) is 4.79 Å². The maximum Gasteiger partial charge on any atom is 0.343 e. The smallest absolute Gasteiger partial charge is 0.343 e. The van der Waals surface area contributed by atoms with Gasteiger partial charge in [-0.15, -0.1) is 0 Å². The lowest BCUT2D eigenvalue weighted by Crippen LogP contribution is -2.21. The van der Waals surface area contributed by atoms with E-state index in [0.717, 1.165) is 35.0 Å². The Balaban J connectivity index is 2.00. The zero-order chi connectivity index (χ0) is 18.3. The highest BCUT2D eigenvalue weighted by atomic mass is 16.5. The number of hydrogen-bond acceptors (Lipinski definition) is 3. The average molecular weight is 347 g/mol. The standard InChI is InChI=1S/C22H21NO3/c1-3-26-22(25)19-13-23(16-9-10-16)20-14(2)17(11-12-18(20)21(19)24)15-7-5-4-6-8-15/h4-8,11-13,16H,3,9-10H2,1-2H3. The molecule has 0 radical (unpaired) electrons. The highest BCUT2D eigenvalue weighted by molar-refractivity contribution is 5.96. The van der Waals surface area contributed by atoms with Crippen molar-refractivity contribution in [3.8, 4) is 11.1 Å². The molecule has 0 spiro atoms. The molecule has 1 aromatic heterocycles. The van der Waals surface area contributed by atoms with Crippen molar-refractivity contribution in [2.75, 3.05) is 6.61 Å². The summed E-state index contributed by atoms with van der Waals surface area (Å²) in [5, 5.41) is 0.583. The van der Waals surface area contributed by atoms with Crippen LogP contribution in [0.5, 0.6) is 0 Å². The quantitative estimate of drug-likeness (QED) is 0.654. The van der Waals surface area contributed by atoms with Gasteiger partial charge in [0.2, 0.25) is 5.43 Å². The molecule has 4 heteroatoms. The molecule has 132 valence electrons. The minimum absolute atomic E-state index is 0.123. The summed E-state index contributed by atoms with van der Waals surface area (Å²) in [6, 6.07) is 14.3. The number of nitrogens with zero attached hydrogens (tertiary/aromatic N) is 1. The van der Waals surface area contributed by atoms with Crippen LogP contribution in [0.25, 0.3) is 22.0 Å². The molecule has 4 nitrogen and oxygen atoms in total. The number of hydrogen-bond donors (Lipinski definition) is 0. The number of rotatable bonds is 4. The Labute approximate surface area is 152 Å². The highest BCUT2D eigenvalue weighted by Crippen LogP contribution is 2.39. The van der Waals surface area contributed by atoms with E-state index in [0.29, 0.717) is 11.4 Å². The molecule has 0 amide bonds. The third kappa shape index (κ3) is 2.71. The number of benzene rings is 2. The van der Waals surface area contributed by atoms with Gasteiger partial charge in [0.05, 0.1) is 12.1 Å². The van der Waals surface area contributed by atoms with Crippen LogP contribution in [0, 0.1) is 6.92 Å². The number of pyridine rings is 1. The Kier molecular flexibility index (Phi) is 4.11. The first-order chi connectivity index (χ1) is 12.6. The maximum absolute atomic E-state index is 12.9. The van der Waals surface area contributed by atoms with E-state index in [1.54, 1.807) is 13.1 Å². The summed E-state index contributed by atoms with van der Waals surface area (Å²) in [7, 11) is 0. The van der Waals surface area contributed by atoms with Crippen molar-refractivity contribution >= 4 is 16.9 Å². The van der Waals surface area contributed by atoms with Crippen molar-refractivity contribution in [3.05, 3.63) is 70.0 Å². The number of aromatic nitrogens is 1. The Hall–Kier alpha value is -2.88. The monoisotopic (exact) mass is 347 g/mol. The average Bonchev–Trinajstić information content (AvgIpc) is 3.48. The van der Waals surface area contributed by atoms with Crippen LogP contribution in [0.15, 0.2) is 53.5 Å². The van der Waals surface area contributed by atoms with Crippen LogP contribution < -0.4 is 5.43 Å². The van der Waals surface area contributed by atoms with Gasteiger partial charge in [0.15, 0.2) is 0 Å². The molecule has 0 atom stereocenters. The summed E-state index contributed by atoms with van der Waals surface area (Å²) in [6.07, 6.45) is 3.83. The fourth-order valence-electron chi connectivity index (χ4n) is 3.55. The van der Waals surface area contributed by atoms with Crippen molar-refractivity contribution in [2.24, 2.45) is 0 Å². The first kappa shape index (κ1) is 16.6. The molecular formula is C22H21NO3. The molecule has 0 aliphatic heterocycles. The van der Waals surface area contributed by atoms with Crippen molar-refractivity contribution < 1.29 is 9.53 Å². The lowest BCUT2D eigenvalue weighted by atomic mass is 9.96. The van der Waals surface area contributed by atoms with Crippen LogP contribution in [-0.4, -0.2) is 17.1 Å². The van der Waals surface area contributed by atoms with E-state index >= 15 is 0 Å². The van der Waals surface area contributed by atoms with E-state index in [1.807, 2.05) is 37.3 Å². The van der Waals surface area contributed by atoms with E-state index in [4.69, 9.17) is 4.74 Å². The molecule has 4 rings (SSSR count). The third-order valence-electron chi connectivity index (χ3n) is 4.97. The predicted molar refractivity (Wildman–Crippen MR) is 103 cm³/mol. The van der Waals surface area contributed by atoms with Gasteiger partial charge in [-0.2, -0.15) is 0 Å². The van der Waals surface area contributed by atoms with Gasteiger partial charge in [0, 0.05) is 17.6 Å². The van der Waals surface area contributed by atoms with E-state index in [1.165, 1.54) is 0 Å². The molecule has 0 unspecified atom stereocenters. The highest BCUT2D eigenvalue weighted by Gasteiger charge is 2.28. The summed E-state index contributed by atoms with van der Waals surface area (Å²) in [5.41, 5.74) is 4.09. The predicted octanol–water partition coefficient (Wildman–Crippen LogP) is 4.49. The zero-order valence-electron chi connectivity index (χ0n) is 15.0. The second-order valence-electron chi connectivity index (χ2n) is 6.73. The number of fused-ring (bicyclic) bond motifs is 1. The van der Waals surface area contributed by atoms with Crippen LogP contribution in [0.3, 0.4) is 0 Å². The van der Waals surface area contributed by atoms with Crippen molar-refractivity contribution in [1.29, 1.82) is 0 Å². The maximum atomic E-state index is 12.9. The molecule has 3 aromatic rings. The fraction of sp³-hybridized carbons (Fsp3) is 0.273. The molecule has 1 fully saturated rings. The molecule has 0 N–H and O–H groups in total. The Bertz CT molecular complexity index is 1050. The van der Waals surface area contributed by atoms with Gasteiger partial charge in [-0.05, 0) is 49.4 Å². The normalized spacial score (nSPS) is 13.8. The largest absolute Gasteiger partial charge is 0.462 e. The molecular weight excluding hydrogens is 326 g/mol. The molecule has 1 heterocycles. The van der Waals surface area contributed by atoms with Crippen molar-refractivity contribution in [1.82, 2.24) is 4.57 Å². The Morgan fingerprint density at radius 3 is 2.54 bits per heavy atom. The first-order valence-corrected chi connectivity index (χ1v) is 9.02. The minimum atomic E-state index is -0.543. The van der Waals surface area contributed by atoms with Crippen LogP contribution in [0.1, 0.15) is 41.7 Å². The lowest BCUT2D eigenvalue weighted by molar-refractivity contribution is 0.0524. The van der Waals surface area contributed by atoms with E-state index < -0.39 is 5.97 Å². The number of esters is 1. The van der Waals surface area contributed by atoms with Gasteiger partial charge in [-0.3, -0.25) is 4.79 Å². The Morgan fingerprint density at radius 2 is 1.88 bits per heavy atom. The second kappa shape index (κ2) is 6.45. The van der Waals surface area contributed by atoms with Gasteiger partial charge in [0.1, 0.15) is 5.56 Å². The van der Waals surface area contributed by atoms with E-state index in [-0.39, 0.29) is 17.6 Å². The Morgan fingerprint density at radius 1 is 1.15 bits per heavy atom. The SMILES string of the molecule is CCOC(=O)c1cn(C2CC2)c2c(C)c(-c3ccccc3)ccc2c1=O. The van der Waals surface area contributed by atoms with Gasteiger partial charge < -0.3 is 9.30 Å². The summed E-state index contributed by atoms with van der Waals surface area (Å²) < 4.78 is 7.19. The summed E-state index contributed by atoms with van der Waals surface area (Å²) in [6.45, 7) is 4.05. The van der Waals surface area contributed by atoms with E-state index in [2.05, 4.69) is 16.7 Å². The molecule has 0 bridgehead atoms. The molecule has 0 saturated heterocycles. The fourth-order valence-corrected chi connectivity index (χ4v) is 3.55. The molecule has 1 saturated carbocycles. The van der Waals surface area contributed by atoms with E-state index in [9.17, 15) is 9.59 Å². The third-order valence-corrected chi connectivity index (χ3v) is 4.97. The van der Waals surface area contributed by atoms with Crippen molar-refractivity contribution in [2.45, 2.75) is 32.7 Å². The van der Waals surface area contributed by atoms with Crippen LogP contribution in [-0.2, 0) is 4.74 Å². The first-order valence-electron chi connectivity index (χ1n) is 9.02. The summed E-state index contributed by atoms with van der Waals surface area (Å²) in [4.78, 5) is 25.2.